The van der Waals surface area contributed by atoms with E-state index in [1.165, 1.54) is 5.57 Å². The number of carbonyl (C=O) groups is 2. The van der Waals surface area contributed by atoms with Crippen molar-refractivity contribution in [2.45, 2.75) is 12.8 Å². The molecule has 4 rings (SSSR count). The van der Waals surface area contributed by atoms with E-state index in [9.17, 15) is 9.59 Å². The van der Waals surface area contributed by atoms with Crippen LogP contribution in [0.5, 0.6) is 0 Å². The summed E-state index contributed by atoms with van der Waals surface area (Å²) in [4.78, 5) is 25.4. The first-order valence-corrected chi connectivity index (χ1v) is 7.00. The van der Waals surface area contributed by atoms with E-state index in [1.54, 1.807) is 12.1 Å². The number of hydrogen-bond donors (Lipinski definition) is 0. The van der Waals surface area contributed by atoms with Gasteiger partial charge in [-0.05, 0) is 18.4 Å². The number of allylic oxidation sites excluding steroid dienone is 6. The number of benzene rings is 1. The first kappa shape index (κ1) is 11.6. The highest BCUT2D eigenvalue weighted by atomic mass is 16.1. The molecule has 3 aliphatic rings. The molecule has 1 aromatic rings. The molecule has 0 heterocycles. The van der Waals surface area contributed by atoms with Crippen LogP contribution in [-0.4, -0.2) is 11.6 Å². The fraction of sp³-hybridized carbons (Fsp3) is 0.222. The second kappa shape index (κ2) is 4.14. The predicted molar refractivity (Wildman–Crippen MR) is 76.6 cm³/mol. The van der Waals surface area contributed by atoms with E-state index in [-0.39, 0.29) is 23.4 Å². The molecule has 0 spiro atoms. The van der Waals surface area contributed by atoms with Crippen molar-refractivity contribution in [2.24, 2.45) is 11.8 Å². The van der Waals surface area contributed by atoms with Gasteiger partial charge in [0, 0.05) is 11.1 Å². The average molecular weight is 262 g/mol. The Morgan fingerprint density at radius 3 is 2.40 bits per heavy atom. The summed E-state index contributed by atoms with van der Waals surface area (Å²) in [5, 5.41) is 0. The zero-order valence-electron chi connectivity index (χ0n) is 11.0. The molecule has 2 nitrogen and oxygen atoms in total. The Morgan fingerprint density at radius 2 is 1.60 bits per heavy atom. The quantitative estimate of drug-likeness (QED) is 0.670. The van der Waals surface area contributed by atoms with Crippen LogP contribution in [0.4, 0.5) is 0 Å². The Balaban J connectivity index is 1.89. The Bertz CT molecular complexity index is 719. The molecule has 0 saturated carbocycles. The van der Waals surface area contributed by atoms with Crippen LogP contribution in [0.1, 0.15) is 33.6 Å². The van der Waals surface area contributed by atoms with E-state index in [2.05, 4.69) is 12.2 Å². The normalized spacial score (nSPS) is 27.2. The zero-order valence-corrected chi connectivity index (χ0v) is 11.0. The third kappa shape index (κ3) is 1.45. The maximum absolute atomic E-state index is 12.8. The van der Waals surface area contributed by atoms with Crippen LogP contribution in [-0.2, 0) is 0 Å². The summed E-state index contributed by atoms with van der Waals surface area (Å²) in [5.74, 6) is -0.384. The van der Waals surface area contributed by atoms with E-state index in [0.29, 0.717) is 11.1 Å². The van der Waals surface area contributed by atoms with Crippen LogP contribution in [0.2, 0.25) is 0 Å². The van der Waals surface area contributed by atoms with Crippen molar-refractivity contribution >= 4 is 11.6 Å². The van der Waals surface area contributed by atoms with Gasteiger partial charge in [0.15, 0.2) is 11.6 Å². The van der Waals surface area contributed by atoms with Gasteiger partial charge in [-0.3, -0.25) is 9.59 Å². The van der Waals surface area contributed by atoms with Crippen LogP contribution in [0.15, 0.2) is 59.7 Å². The van der Waals surface area contributed by atoms with Gasteiger partial charge in [0.25, 0.3) is 0 Å². The molecule has 98 valence electrons. The molecule has 0 aromatic heterocycles. The van der Waals surface area contributed by atoms with Crippen molar-refractivity contribution < 1.29 is 9.59 Å². The second-order valence-electron chi connectivity index (χ2n) is 5.57. The number of rotatable bonds is 0. The molecule has 0 amide bonds. The summed E-state index contributed by atoms with van der Waals surface area (Å²) >= 11 is 0. The molecule has 0 N–H and O–H groups in total. The van der Waals surface area contributed by atoms with E-state index >= 15 is 0 Å². The molecular weight excluding hydrogens is 248 g/mol. The fourth-order valence-electron chi connectivity index (χ4n) is 3.55. The topological polar surface area (TPSA) is 34.1 Å². The summed E-state index contributed by atoms with van der Waals surface area (Å²) in [7, 11) is 0. The van der Waals surface area contributed by atoms with Gasteiger partial charge in [0.2, 0.25) is 0 Å². The lowest BCUT2D eigenvalue weighted by Crippen LogP contribution is -2.38. The molecule has 2 atom stereocenters. The van der Waals surface area contributed by atoms with Gasteiger partial charge < -0.3 is 0 Å². The highest BCUT2D eigenvalue weighted by Gasteiger charge is 2.43. The average Bonchev–Trinajstić information content (AvgIpc) is 2.51. The summed E-state index contributed by atoms with van der Waals surface area (Å²) in [6.45, 7) is 0. The van der Waals surface area contributed by atoms with Gasteiger partial charge >= 0.3 is 0 Å². The molecule has 20 heavy (non-hydrogen) atoms. The number of hydrogen-bond acceptors (Lipinski definition) is 2. The lowest BCUT2D eigenvalue weighted by Gasteiger charge is -2.35. The lowest BCUT2D eigenvalue weighted by molar-refractivity contribution is 0.0791. The van der Waals surface area contributed by atoms with E-state index in [0.717, 1.165) is 18.4 Å². The minimum atomic E-state index is -0.303. The van der Waals surface area contributed by atoms with Gasteiger partial charge in [0.05, 0.1) is 11.8 Å². The molecule has 0 radical (unpaired) electrons. The summed E-state index contributed by atoms with van der Waals surface area (Å²) in [6, 6.07) is 7.21. The molecule has 3 aliphatic carbocycles. The van der Waals surface area contributed by atoms with Crippen LogP contribution in [0.3, 0.4) is 0 Å². The van der Waals surface area contributed by atoms with Crippen molar-refractivity contribution in [1.82, 2.24) is 0 Å². The molecular formula is C18H14O2. The summed E-state index contributed by atoms with van der Waals surface area (Å²) < 4.78 is 0. The van der Waals surface area contributed by atoms with Gasteiger partial charge in [-0.15, -0.1) is 0 Å². The van der Waals surface area contributed by atoms with Crippen LogP contribution in [0, 0.1) is 11.8 Å². The maximum atomic E-state index is 12.8. The minimum absolute atomic E-state index is 0.0857. The third-order valence-corrected chi connectivity index (χ3v) is 4.54. The molecule has 0 fully saturated rings. The van der Waals surface area contributed by atoms with E-state index < -0.39 is 0 Å². The van der Waals surface area contributed by atoms with Crippen LogP contribution in [0.25, 0.3) is 0 Å². The molecule has 2 heteroatoms. The van der Waals surface area contributed by atoms with Crippen molar-refractivity contribution in [1.29, 1.82) is 0 Å². The molecule has 0 bridgehead atoms. The SMILES string of the molecule is O=C1c2ccccc2C(=O)[C@@H]2C=CC3=C(CC=CC3)[C@@H]12. The van der Waals surface area contributed by atoms with Crippen molar-refractivity contribution in [3.8, 4) is 0 Å². The van der Waals surface area contributed by atoms with Crippen molar-refractivity contribution in [3.05, 3.63) is 70.8 Å². The van der Waals surface area contributed by atoms with Crippen LogP contribution >= 0.6 is 0 Å². The number of carbonyl (C=O) groups excluding carboxylic acids is 2. The predicted octanol–water partition coefficient (Wildman–Crippen LogP) is 3.51. The molecule has 0 unspecified atom stereocenters. The zero-order chi connectivity index (χ0) is 13.7. The standard InChI is InChI=1S/C18H14O2/c19-17-13-7-3-4-8-14(13)18(20)16-12-6-2-1-5-11(12)9-10-15(16)17/h1-4,7-10,15-16H,5-6H2/t15-,16-/m1/s1. The highest BCUT2D eigenvalue weighted by molar-refractivity contribution is 6.17. The fourth-order valence-corrected chi connectivity index (χ4v) is 3.55. The third-order valence-electron chi connectivity index (χ3n) is 4.54. The monoisotopic (exact) mass is 262 g/mol. The number of fused-ring (bicyclic) bond motifs is 3. The first-order valence-electron chi connectivity index (χ1n) is 7.00. The number of Topliss-reactive ketones (excluding diaryl/α,β-unsaturated/α-hetero) is 2. The van der Waals surface area contributed by atoms with Gasteiger partial charge in [-0.25, -0.2) is 0 Å². The Hall–Kier alpha value is -2.22. The largest absolute Gasteiger partial charge is 0.293 e. The van der Waals surface area contributed by atoms with Crippen molar-refractivity contribution in [2.75, 3.05) is 0 Å². The smallest absolute Gasteiger partial charge is 0.171 e. The second-order valence-corrected chi connectivity index (χ2v) is 5.57. The van der Waals surface area contributed by atoms with Crippen LogP contribution < -0.4 is 0 Å². The lowest BCUT2D eigenvalue weighted by atomic mass is 9.66. The van der Waals surface area contributed by atoms with Gasteiger partial charge in [0.1, 0.15) is 0 Å². The van der Waals surface area contributed by atoms with Crippen molar-refractivity contribution in [3.63, 3.8) is 0 Å². The Kier molecular flexibility index (Phi) is 2.40. The Morgan fingerprint density at radius 1 is 0.900 bits per heavy atom. The first-order chi connectivity index (χ1) is 9.77. The number of ketones is 2. The summed E-state index contributed by atoms with van der Waals surface area (Å²) in [5.41, 5.74) is 3.54. The van der Waals surface area contributed by atoms with Gasteiger partial charge in [-0.2, -0.15) is 0 Å². The highest BCUT2D eigenvalue weighted by Crippen LogP contribution is 2.42. The minimum Gasteiger partial charge on any atom is -0.293 e. The molecule has 1 aromatic carbocycles. The Labute approximate surface area is 117 Å². The molecule has 0 saturated heterocycles. The van der Waals surface area contributed by atoms with Gasteiger partial charge in [-0.1, -0.05) is 54.1 Å². The van der Waals surface area contributed by atoms with E-state index in [4.69, 9.17) is 0 Å². The molecule has 0 aliphatic heterocycles. The van der Waals surface area contributed by atoms with E-state index in [1.807, 2.05) is 24.3 Å². The summed E-state index contributed by atoms with van der Waals surface area (Å²) in [6.07, 6.45) is 9.87. The maximum Gasteiger partial charge on any atom is 0.171 e.